The van der Waals surface area contributed by atoms with E-state index in [0.29, 0.717) is 0 Å². The predicted molar refractivity (Wildman–Crippen MR) is 218 cm³/mol. The van der Waals surface area contributed by atoms with Gasteiger partial charge in [0.1, 0.15) is 0 Å². The zero-order valence-corrected chi connectivity index (χ0v) is 29.0. The number of benzene rings is 5. The maximum absolute atomic E-state index is 4.59. The van der Waals surface area contributed by atoms with Crippen molar-refractivity contribution in [1.29, 1.82) is 0 Å². The van der Waals surface area contributed by atoms with Gasteiger partial charge in [0, 0.05) is 56.3 Å². The molecule has 5 nitrogen and oxygen atoms in total. The fourth-order valence-corrected chi connectivity index (χ4v) is 9.55. The number of aryl methyl sites for hydroxylation is 2. The third-order valence-electron chi connectivity index (χ3n) is 11.8. The van der Waals surface area contributed by atoms with Crippen LogP contribution in [0.4, 0.5) is 0 Å². The van der Waals surface area contributed by atoms with Crippen molar-refractivity contribution in [1.82, 2.24) is 23.7 Å². The highest BCUT2D eigenvalue weighted by molar-refractivity contribution is 6.13. The van der Waals surface area contributed by atoms with Crippen molar-refractivity contribution in [2.75, 3.05) is 0 Å². The first kappa shape index (κ1) is 28.9. The minimum atomic E-state index is 0.943. The topological polar surface area (TPSA) is 40.6 Å². The van der Waals surface area contributed by atoms with Gasteiger partial charge in [0.05, 0.1) is 51.4 Å². The van der Waals surface area contributed by atoms with Crippen LogP contribution in [-0.2, 0) is 19.3 Å². The number of fused-ring (bicyclic) bond motifs is 12. The zero-order valence-electron chi connectivity index (χ0n) is 29.0. The van der Waals surface area contributed by atoms with Crippen LogP contribution in [0.2, 0.25) is 0 Å². The number of rotatable bonds is 3. The third-order valence-corrected chi connectivity index (χ3v) is 11.8. The first-order valence-corrected chi connectivity index (χ1v) is 18.6. The SMILES string of the molecule is C1=C(n2c3ccccc3c3ccccc32)CCc2c1c1cc3c(cc1n2-c1cccnc1)-c1cc2c(cc1CC3)c1ccccc1n2-c1cccnc1. The Morgan fingerprint density at radius 2 is 0.943 bits per heavy atom. The second-order valence-electron chi connectivity index (χ2n) is 14.5. The van der Waals surface area contributed by atoms with Gasteiger partial charge in [-0.15, -0.1) is 0 Å². The summed E-state index contributed by atoms with van der Waals surface area (Å²) in [6, 6.07) is 44.7. The van der Waals surface area contributed by atoms with Crippen molar-refractivity contribution < 1.29 is 0 Å². The van der Waals surface area contributed by atoms with Crippen molar-refractivity contribution in [2.24, 2.45) is 0 Å². The summed E-state index contributed by atoms with van der Waals surface area (Å²) in [4.78, 5) is 9.09. The molecule has 5 heteroatoms. The maximum Gasteiger partial charge on any atom is 0.0645 e. The molecule has 0 saturated carbocycles. The number of hydrogen-bond acceptors (Lipinski definition) is 2. The van der Waals surface area contributed by atoms with Crippen LogP contribution in [0.5, 0.6) is 0 Å². The molecule has 53 heavy (non-hydrogen) atoms. The van der Waals surface area contributed by atoms with E-state index in [2.05, 4.69) is 145 Å². The van der Waals surface area contributed by atoms with Gasteiger partial charge in [-0.3, -0.25) is 9.97 Å². The van der Waals surface area contributed by atoms with Crippen LogP contribution >= 0.6 is 0 Å². The van der Waals surface area contributed by atoms with Gasteiger partial charge < -0.3 is 13.7 Å². The summed E-state index contributed by atoms with van der Waals surface area (Å²) in [5.41, 5.74) is 17.9. The Kier molecular flexibility index (Phi) is 5.94. The van der Waals surface area contributed by atoms with Crippen molar-refractivity contribution in [2.45, 2.75) is 25.7 Å². The van der Waals surface area contributed by atoms with E-state index in [4.69, 9.17) is 0 Å². The molecule has 2 aliphatic carbocycles. The van der Waals surface area contributed by atoms with Crippen LogP contribution in [0.25, 0.3) is 88.8 Å². The Balaban J connectivity index is 1.12. The zero-order chi connectivity index (χ0) is 34.6. The summed E-state index contributed by atoms with van der Waals surface area (Å²) < 4.78 is 7.36. The van der Waals surface area contributed by atoms with Gasteiger partial charge in [-0.25, -0.2) is 0 Å². The van der Waals surface area contributed by atoms with Crippen LogP contribution in [0.1, 0.15) is 28.8 Å². The van der Waals surface area contributed by atoms with Crippen LogP contribution in [0, 0.1) is 0 Å². The number of allylic oxidation sites excluding steroid dienone is 1. The highest BCUT2D eigenvalue weighted by atomic mass is 15.0. The Morgan fingerprint density at radius 1 is 0.415 bits per heavy atom. The molecule has 0 unspecified atom stereocenters. The fraction of sp³-hybridized carbons (Fsp3) is 0.0833. The number of hydrogen-bond donors (Lipinski definition) is 0. The van der Waals surface area contributed by atoms with Gasteiger partial charge in [-0.2, -0.15) is 0 Å². The third kappa shape index (κ3) is 4.07. The van der Waals surface area contributed by atoms with E-state index in [9.17, 15) is 0 Å². The lowest BCUT2D eigenvalue weighted by Crippen LogP contribution is -2.08. The molecular formula is C48H33N5. The summed E-state index contributed by atoms with van der Waals surface area (Å²) in [6.45, 7) is 0. The normalized spacial score (nSPS) is 13.8. The van der Waals surface area contributed by atoms with E-state index in [-0.39, 0.29) is 0 Å². The van der Waals surface area contributed by atoms with E-state index in [1.54, 1.807) is 0 Å². The molecule has 0 atom stereocenters. The van der Waals surface area contributed by atoms with Crippen molar-refractivity contribution >= 4 is 66.3 Å². The van der Waals surface area contributed by atoms with Crippen LogP contribution in [-0.4, -0.2) is 23.7 Å². The minimum Gasteiger partial charge on any atom is -0.313 e. The first-order valence-electron chi connectivity index (χ1n) is 18.6. The molecule has 250 valence electrons. The van der Waals surface area contributed by atoms with Gasteiger partial charge in [0.25, 0.3) is 0 Å². The monoisotopic (exact) mass is 679 g/mol. The summed E-state index contributed by atoms with van der Waals surface area (Å²) in [6.07, 6.45) is 14.1. The van der Waals surface area contributed by atoms with Gasteiger partial charge in [-0.05, 0) is 121 Å². The van der Waals surface area contributed by atoms with E-state index < -0.39 is 0 Å². The fourth-order valence-electron chi connectivity index (χ4n) is 9.55. The van der Waals surface area contributed by atoms with Gasteiger partial charge in [-0.1, -0.05) is 54.6 Å². The van der Waals surface area contributed by atoms with Gasteiger partial charge in [0.2, 0.25) is 0 Å². The summed E-state index contributed by atoms with van der Waals surface area (Å²) in [5.74, 6) is 0. The second kappa shape index (κ2) is 10.9. The molecule has 5 aromatic heterocycles. The van der Waals surface area contributed by atoms with Crippen molar-refractivity contribution in [3.8, 4) is 22.5 Å². The molecule has 10 aromatic rings. The van der Waals surface area contributed by atoms with E-state index in [0.717, 1.165) is 37.1 Å². The summed E-state index contributed by atoms with van der Waals surface area (Å²) in [7, 11) is 0. The minimum absolute atomic E-state index is 0.943. The van der Waals surface area contributed by atoms with Crippen molar-refractivity contribution in [3.63, 3.8) is 0 Å². The molecule has 0 N–H and O–H groups in total. The number of para-hydroxylation sites is 3. The average Bonchev–Trinajstić information content (AvgIpc) is 3.85. The summed E-state index contributed by atoms with van der Waals surface area (Å²) >= 11 is 0. The Labute approximate surface area is 305 Å². The first-order chi connectivity index (χ1) is 26.3. The average molecular weight is 680 g/mol. The Bertz CT molecular complexity index is 3100. The maximum atomic E-state index is 4.59. The van der Waals surface area contributed by atoms with E-state index in [1.165, 1.54) is 93.7 Å². The van der Waals surface area contributed by atoms with Crippen molar-refractivity contribution in [3.05, 3.63) is 168 Å². The van der Waals surface area contributed by atoms with E-state index in [1.807, 2.05) is 30.9 Å². The summed E-state index contributed by atoms with van der Waals surface area (Å²) in [5, 5.41) is 6.49. The lowest BCUT2D eigenvalue weighted by atomic mass is 9.83. The molecule has 0 amide bonds. The number of pyridine rings is 2. The molecule has 0 bridgehead atoms. The Hall–Kier alpha value is -6.72. The lowest BCUT2D eigenvalue weighted by molar-refractivity contribution is 0.871. The molecule has 12 rings (SSSR count). The predicted octanol–water partition coefficient (Wildman–Crippen LogP) is 11.3. The van der Waals surface area contributed by atoms with E-state index >= 15 is 0 Å². The number of aromatic nitrogens is 5. The van der Waals surface area contributed by atoms with Crippen LogP contribution < -0.4 is 0 Å². The highest BCUT2D eigenvalue weighted by Gasteiger charge is 2.27. The molecule has 0 aliphatic heterocycles. The second-order valence-corrected chi connectivity index (χ2v) is 14.5. The molecule has 0 fully saturated rings. The molecule has 5 heterocycles. The molecule has 5 aromatic carbocycles. The Morgan fingerprint density at radius 3 is 1.55 bits per heavy atom. The molecule has 0 spiro atoms. The lowest BCUT2D eigenvalue weighted by Gasteiger charge is -2.21. The molecule has 0 saturated heterocycles. The molecule has 0 radical (unpaired) electrons. The molecular weight excluding hydrogens is 647 g/mol. The highest BCUT2D eigenvalue weighted by Crippen LogP contribution is 2.45. The quantitative estimate of drug-likeness (QED) is 0.186. The van der Waals surface area contributed by atoms with Crippen LogP contribution in [0.15, 0.2) is 146 Å². The van der Waals surface area contributed by atoms with Crippen LogP contribution in [0.3, 0.4) is 0 Å². The standard InChI is InChI=1S/C48H33N5/c1-4-14-43-35(11-1)36-12-2-5-15-44(36)51(43)32-19-20-46-42(25-32)41-24-31-18-17-30-23-40-37-13-3-6-16-45(37)52(33-9-7-21-49-28-33)47(40)26-38(30)39(31)27-48(41)53(46)34-10-8-22-50-29-34/h1-16,21-29H,17-20H2. The largest absolute Gasteiger partial charge is 0.313 e. The van der Waals surface area contributed by atoms with Gasteiger partial charge >= 0.3 is 0 Å². The van der Waals surface area contributed by atoms with Gasteiger partial charge in [0.15, 0.2) is 0 Å². The smallest absolute Gasteiger partial charge is 0.0645 e. The number of nitrogens with zero attached hydrogens (tertiary/aromatic N) is 5. The molecule has 2 aliphatic rings.